The van der Waals surface area contributed by atoms with Crippen molar-refractivity contribution in [3.05, 3.63) is 70.2 Å². The Balaban J connectivity index is 1.76. The molecule has 0 saturated heterocycles. The Hall–Kier alpha value is -2.13. The van der Waals surface area contributed by atoms with Crippen LogP contribution in [0.15, 0.2) is 48.5 Å². The van der Waals surface area contributed by atoms with Crippen molar-refractivity contribution in [3.8, 4) is 0 Å². The Labute approximate surface area is 128 Å². The molecule has 1 aliphatic rings. The molecule has 106 valence electrons. The molecule has 0 saturated carbocycles. The average molecular weight is 300 g/mol. The van der Waals surface area contributed by atoms with E-state index >= 15 is 0 Å². The van der Waals surface area contributed by atoms with Gasteiger partial charge in [0.2, 0.25) is 5.91 Å². The highest BCUT2D eigenvalue weighted by Gasteiger charge is 2.25. The van der Waals surface area contributed by atoms with Crippen LogP contribution < -0.4 is 0 Å². The summed E-state index contributed by atoms with van der Waals surface area (Å²) in [6.07, 6.45) is 0.260. The lowest BCUT2D eigenvalue weighted by molar-refractivity contribution is -0.130. The van der Waals surface area contributed by atoms with Gasteiger partial charge in [-0.25, -0.2) is 0 Å². The molecule has 2 aromatic rings. The standard InChI is InChI=1S/C17H14ClNO2/c18-14-6-3-4-12(8-14)9-17(21)19-10-13-5-1-2-7-15(13)16(20)11-19/h1-8H,9-11H2. The number of fused-ring (bicyclic) bond motifs is 1. The Morgan fingerprint density at radius 3 is 2.71 bits per heavy atom. The van der Waals surface area contributed by atoms with Gasteiger partial charge in [0.1, 0.15) is 0 Å². The summed E-state index contributed by atoms with van der Waals surface area (Å²) < 4.78 is 0. The van der Waals surface area contributed by atoms with Crippen molar-refractivity contribution in [2.75, 3.05) is 6.54 Å². The molecule has 0 atom stereocenters. The van der Waals surface area contributed by atoms with Gasteiger partial charge in [0, 0.05) is 17.1 Å². The molecule has 0 spiro atoms. The second kappa shape index (κ2) is 5.70. The van der Waals surface area contributed by atoms with Gasteiger partial charge in [0.05, 0.1) is 13.0 Å². The zero-order valence-electron chi connectivity index (χ0n) is 11.4. The van der Waals surface area contributed by atoms with Crippen LogP contribution >= 0.6 is 11.6 Å². The van der Waals surface area contributed by atoms with E-state index < -0.39 is 0 Å². The summed E-state index contributed by atoms with van der Waals surface area (Å²) in [6.45, 7) is 0.637. The van der Waals surface area contributed by atoms with E-state index in [0.717, 1.165) is 16.7 Å². The second-order valence-corrected chi connectivity index (χ2v) is 5.57. The van der Waals surface area contributed by atoms with Gasteiger partial charge in [0.15, 0.2) is 5.78 Å². The van der Waals surface area contributed by atoms with E-state index in [1.165, 1.54) is 0 Å². The first-order chi connectivity index (χ1) is 10.1. The molecule has 3 nitrogen and oxygen atoms in total. The smallest absolute Gasteiger partial charge is 0.227 e. The minimum Gasteiger partial charge on any atom is -0.330 e. The van der Waals surface area contributed by atoms with Crippen LogP contribution in [0.25, 0.3) is 0 Å². The zero-order chi connectivity index (χ0) is 14.8. The molecule has 0 aromatic heterocycles. The summed E-state index contributed by atoms with van der Waals surface area (Å²) in [5.74, 6) is -0.0589. The van der Waals surface area contributed by atoms with Gasteiger partial charge < -0.3 is 4.90 Å². The Morgan fingerprint density at radius 2 is 1.90 bits per heavy atom. The lowest BCUT2D eigenvalue weighted by atomic mass is 9.98. The first kappa shape index (κ1) is 13.8. The van der Waals surface area contributed by atoms with Crippen molar-refractivity contribution < 1.29 is 9.59 Å². The number of halogens is 1. The quantitative estimate of drug-likeness (QED) is 0.854. The highest BCUT2D eigenvalue weighted by atomic mass is 35.5. The topological polar surface area (TPSA) is 37.4 Å². The van der Waals surface area contributed by atoms with Crippen LogP contribution in [-0.4, -0.2) is 23.1 Å². The van der Waals surface area contributed by atoms with Gasteiger partial charge in [0.25, 0.3) is 0 Å². The van der Waals surface area contributed by atoms with E-state index in [4.69, 9.17) is 11.6 Å². The molecular formula is C17H14ClNO2. The minimum atomic E-state index is -0.0554. The molecule has 4 heteroatoms. The van der Waals surface area contributed by atoms with Gasteiger partial charge in [-0.15, -0.1) is 0 Å². The molecule has 2 aromatic carbocycles. The van der Waals surface area contributed by atoms with Gasteiger partial charge >= 0.3 is 0 Å². The van der Waals surface area contributed by atoms with E-state index in [9.17, 15) is 9.59 Å². The summed E-state index contributed by atoms with van der Waals surface area (Å²) >= 11 is 5.93. The average Bonchev–Trinajstić information content (AvgIpc) is 2.47. The highest BCUT2D eigenvalue weighted by Crippen LogP contribution is 2.20. The van der Waals surface area contributed by atoms with Crippen molar-refractivity contribution in [1.29, 1.82) is 0 Å². The SMILES string of the molecule is O=C1CN(C(=O)Cc2cccc(Cl)c2)Cc2ccccc21. The van der Waals surface area contributed by atoms with Gasteiger partial charge in [-0.05, 0) is 23.3 Å². The molecule has 0 fully saturated rings. The number of benzene rings is 2. The van der Waals surface area contributed by atoms with E-state index in [2.05, 4.69) is 0 Å². The van der Waals surface area contributed by atoms with E-state index in [-0.39, 0.29) is 24.7 Å². The van der Waals surface area contributed by atoms with Gasteiger partial charge in [-0.2, -0.15) is 0 Å². The molecule has 1 heterocycles. The maximum Gasteiger partial charge on any atom is 0.227 e. The first-order valence-corrected chi connectivity index (χ1v) is 7.14. The van der Waals surface area contributed by atoms with Crippen molar-refractivity contribution in [2.24, 2.45) is 0 Å². The number of ketones is 1. The van der Waals surface area contributed by atoms with Crippen molar-refractivity contribution in [3.63, 3.8) is 0 Å². The number of Topliss-reactive ketones (excluding diaryl/α,β-unsaturated/α-hetero) is 1. The van der Waals surface area contributed by atoms with Crippen LogP contribution in [0.1, 0.15) is 21.5 Å². The van der Waals surface area contributed by atoms with Crippen LogP contribution in [0.4, 0.5) is 0 Å². The maximum atomic E-state index is 12.4. The highest BCUT2D eigenvalue weighted by molar-refractivity contribution is 6.30. The monoisotopic (exact) mass is 299 g/mol. The predicted molar refractivity (Wildman–Crippen MR) is 81.3 cm³/mol. The lowest BCUT2D eigenvalue weighted by Crippen LogP contribution is -2.40. The normalized spacial score (nSPS) is 14.0. The summed E-state index contributed by atoms with van der Waals surface area (Å²) in [7, 11) is 0. The van der Waals surface area contributed by atoms with E-state index in [1.54, 1.807) is 17.0 Å². The fourth-order valence-corrected chi connectivity index (χ4v) is 2.77. The largest absolute Gasteiger partial charge is 0.330 e. The Morgan fingerprint density at radius 1 is 1.10 bits per heavy atom. The first-order valence-electron chi connectivity index (χ1n) is 6.77. The molecule has 0 N–H and O–H groups in total. The van der Waals surface area contributed by atoms with Gasteiger partial charge in [-0.1, -0.05) is 48.0 Å². The summed E-state index contributed by atoms with van der Waals surface area (Å²) in [5.41, 5.74) is 2.50. The molecule has 0 radical (unpaired) electrons. The Kier molecular flexibility index (Phi) is 3.76. The summed E-state index contributed by atoms with van der Waals surface area (Å²) in [4.78, 5) is 26.1. The molecule has 3 rings (SSSR count). The van der Waals surface area contributed by atoms with Crippen LogP contribution in [0.2, 0.25) is 5.02 Å². The molecular weight excluding hydrogens is 286 g/mol. The van der Waals surface area contributed by atoms with Crippen LogP contribution in [-0.2, 0) is 17.8 Å². The predicted octanol–water partition coefficient (Wildman–Crippen LogP) is 3.11. The number of rotatable bonds is 2. The number of hydrogen-bond donors (Lipinski definition) is 0. The van der Waals surface area contributed by atoms with Gasteiger partial charge in [-0.3, -0.25) is 9.59 Å². The number of amides is 1. The number of nitrogens with zero attached hydrogens (tertiary/aromatic N) is 1. The molecule has 21 heavy (non-hydrogen) atoms. The molecule has 1 aliphatic heterocycles. The number of carbonyl (C=O) groups is 2. The molecule has 0 aliphatic carbocycles. The van der Waals surface area contributed by atoms with Crippen molar-refractivity contribution in [1.82, 2.24) is 4.90 Å². The fourth-order valence-electron chi connectivity index (χ4n) is 2.56. The lowest BCUT2D eigenvalue weighted by Gasteiger charge is -2.28. The maximum absolute atomic E-state index is 12.4. The molecule has 0 unspecified atom stereocenters. The minimum absolute atomic E-state index is 0.00343. The van der Waals surface area contributed by atoms with Crippen LogP contribution in [0.5, 0.6) is 0 Å². The summed E-state index contributed by atoms with van der Waals surface area (Å²) in [5, 5.41) is 0.611. The number of hydrogen-bond acceptors (Lipinski definition) is 2. The number of carbonyl (C=O) groups excluding carboxylic acids is 2. The third kappa shape index (κ3) is 2.98. The van der Waals surface area contributed by atoms with E-state index in [0.29, 0.717) is 11.6 Å². The third-order valence-electron chi connectivity index (χ3n) is 3.61. The summed E-state index contributed by atoms with van der Waals surface area (Å²) in [6, 6.07) is 14.7. The van der Waals surface area contributed by atoms with Crippen LogP contribution in [0, 0.1) is 0 Å². The fraction of sp³-hybridized carbons (Fsp3) is 0.176. The zero-order valence-corrected chi connectivity index (χ0v) is 12.1. The van der Waals surface area contributed by atoms with Crippen LogP contribution in [0.3, 0.4) is 0 Å². The molecule has 1 amide bonds. The Bertz CT molecular complexity index is 711. The van der Waals surface area contributed by atoms with Crippen molar-refractivity contribution >= 4 is 23.3 Å². The van der Waals surface area contributed by atoms with Crippen molar-refractivity contribution in [2.45, 2.75) is 13.0 Å². The second-order valence-electron chi connectivity index (χ2n) is 5.14. The van der Waals surface area contributed by atoms with E-state index in [1.807, 2.05) is 36.4 Å². The molecule has 0 bridgehead atoms. The third-order valence-corrected chi connectivity index (χ3v) is 3.85.